The van der Waals surface area contributed by atoms with Crippen LogP contribution in [0.4, 0.5) is 0 Å². The number of aliphatic hydroxyl groups is 2. The number of rotatable bonds is 6. The minimum atomic E-state index is -0.624. The van der Waals surface area contributed by atoms with Gasteiger partial charge in [-0.15, -0.1) is 0 Å². The van der Waals surface area contributed by atoms with Gasteiger partial charge in [0.15, 0.2) is 0 Å². The van der Waals surface area contributed by atoms with Crippen LogP contribution in [0, 0.1) is 6.92 Å². The first-order chi connectivity index (χ1) is 10.1. The lowest BCUT2D eigenvalue weighted by Gasteiger charge is -2.31. The van der Waals surface area contributed by atoms with Crippen LogP contribution in [-0.4, -0.2) is 23.4 Å². The van der Waals surface area contributed by atoms with Gasteiger partial charge in [-0.25, -0.2) is 0 Å². The molecule has 2 aromatic carbocycles. The molecule has 21 heavy (non-hydrogen) atoms. The van der Waals surface area contributed by atoms with Crippen LogP contribution in [0.3, 0.4) is 0 Å². The van der Waals surface area contributed by atoms with Crippen molar-refractivity contribution >= 4 is 0 Å². The monoisotopic (exact) mass is 284 g/mol. The topological polar surface area (TPSA) is 40.5 Å². The van der Waals surface area contributed by atoms with Gasteiger partial charge in [0.2, 0.25) is 0 Å². The maximum absolute atomic E-state index is 9.90. The van der Waals surface area contributed by atoms with Gasteiger partial charge < -0.3 is 10.2 Å². The summed E-state index contributed by atoms with van der Waals surface area (Å²) in [6.45, 7) is 4.03. The standard InChI is InChI=1S/C19H24O2/c1-3-16-6-8-17(9-7-16)12-19(13-20,14-21)18-10-4-15(2)5-11-18/h4-11,20-21H,3,12-14H2,1-2H3. The maximum Gasteiger partial charge on any atom is 0.0553 e. The maximum atomic E-state index is 9.90. The molecule has 0 amide bonds. The fourth-order valence-corrected chi connectivity index (χ4v) is 2.64. The van der Waals surface area contributed by atoms with E-state index in [1.165, 1.54) is 11.1 Å². The molecule has 0 unspecified atom stereocenters. The van der Waals surface area contributed by atoms with Gasteiger partial charge in [0.05, 0.1) is 13.2 Å². The molecule has 0 bridgehead atoms. The van der Waals surface area contributed by atoms with Gasteiger partial charge in [0.1, 0.15) is 0 Å². The quantitative estimate of drug-likeness (QED) is 0.856. The highest BCUT2D eigenvalue weighted by molar-refractivity contribution is 5.33. The Balaban J connectivity index is 2.30. The van der Waals surface area contributed by atoms with Crippen LogP contribution in [0.5, 0.6) is 0 Å². The van der Waals surface area contributed by atoms with E-state index in [9.17, 15) is 10.2 Å². The Kier molecular flexibility index (Phi) is 5.16. The molecule has 2 nitrogen and oxygen atoms in total. The van der Waals surface area contributed by atoms with Crippen molar-refractivity contribution in [2.75, 3.05) is 13.2 Å². The van der Waals surface area contributed by atoms with E-state index in [2.05, 4.69) is 31.2 Å². The van der Waals surface area contributed by atoms with Gasteiger partial charge in [0.25, 0.3) is 0 Å². The fourth-order valence-electron chi connectivity index (χ4n) is 2.64. The van der Waals surface area contributed by atoms with E-state index >= 15 is 0 Å². The predicted octanol–water partition coefficient (Wildman–Crippen LogP) is 3.02. The van der Waals surface area contributed by atoms with Crippen LogP contribution in [-0.2, 0) is 18.3 Å². The molecular formula is C19H24O2. The molecule has 2 aromatic rings. The lowest BCUT2D eigenvalue weighted by Crippen LogP contribution is -2.37. The summed E-state index contributed by atoms with van der Waals surface area (Å²) in [5.41, 5.74) is 3.97. The number of benzene rings is 2. The van der Waals surface area contributed by atoms with Crippen LogP contribution >= 0.6 is 0 Å². The molecule has 112 valence electrons. The molecule has 0 heterocycles. The zero-order chi connectivity index (χ0) is 15.3. The first-order valence-electron chi connectivity index (χ1n) is 7.50. The lowest BCUT2D eigenvalue weighted by molar-refractivity contribution is 0.116. The first-order valence-corrected chi connectivity index (χ1v) is 7.50. The van der Waals surface area contributed by atoms with Crippen molar-refractivity contribution in [3.8, 4) is 0 Å². The molecule has 0 saturated carbocycles. The van der Waals surface area contributed by atoms with Crippen LogP contribution in [0.2, 0.25) is 0 Å². The predicted molar refractivity (Wildman–Crippen MR) is 86.6 cm³/mol. The van der Waals surface area contributed by atoms with E-state index < -0.39 is 5.41 Å². The third-order valence-corrected chi connectivity index (χ3v) is 4.24. The summed E-state index contributed by atoms with van der Waals surface area (Å²) in [7, 11) is 0. The zero-order valence-electron chi connectivity index (χ0n) is 12.8. The van der Waals surface area contributed by atoms with Crippen LogP contribution in [0.15, 0.2) is 48.5 Å². The summed E-state index contributed by atoms with van der Waals surface area (Å²) in [4.78, 5) is 0. The number of hydrogen-bond donors (Lipinski definition) is 2. The van der Waals surface area contributed by atoms with Crippen LogP contribution in [0.25, 0.3) is 0 Å². The summed E-state index contributed by atoms with van der Waals surface area (Å²) in [6, 6.07) is 16.5. The third-order valence-electron chi connectivity index (χ3n) is 4.24. The van der Waals surface area contributed by atoms with Gasteiger partial charge in [0, 0.05) is 5.41 Å². The van der Waals surface area contributed by atoms with Crippen molar-refractivity contribution in [2.45, 2.75) is 32.1 Å². The summed E-state index contributed by atoms with van der Waals surface area (Å²) in [6.07, 6.45) is 1.65. The van der Waals surface area contributed by atoms with E-state index in [-0.39, 0.29) is 13.2 Å². The second kappa shape index (κ2) is 6.88. The SMILES string of the molecule is CCc1ccc(CC(CO)(CO)c2ccc(C)cc2)cc1. The normalized spacial score (nSPS) is 11.6. The minimum Gasteiger partial charge on any atom is -0.395 e. The van der Waals surface area contributed by atoms with Crippen molar-refractivity contribution in [3.05, 3.63) is 70.8 Å². The van der Waals surface area contributed by atoms with Crippen LogP contribution in [0.1, 0.15) is 29.2 Å². The Morgan fingerprint density at radius 2 is 1.33 bits per heavy atom. The number of aryl methyl sites for hydroxylation is 2. The van der Waals surface area contributed by atoms with Crippen molar-refractivity contribution in [1.82, 2.24) is 0 Å². The summed E-state index contributed by atoms with van der Waals surface area (Å²) < 4.78 is 0. The van der Waals surface area contributed by atoms with Crippen molar-refractivity contribution in [3.63, 3.8) is 0 Å². The third kappa shape index (κ3) is 3.52. The molecule has 0 fully saturated rings. The molecule has 0 aliphatic carbocycles. The van der Waals surface area contributed by atoms with Crippen molar-refractivity contribution in [1.29, 1.82) is 0 Å². The van der Waals surface area contributed by atoms with Gasteiger partial charge >= 0.3 is 0 Å². The van der Waals surface area contributed by atoms with E-state index in [1.807, 2.05) is 31.2 Å². The molecule has 0 atom stereocenters. The number of hydrogen-bond acceptors (Lipinski definition) is 2. The summed E-state index contributed by atoms with van der Waals surface area (Å²) in [5, 5.41) is 19.8. The molecular weight excluding hydrogens is 260 g/mol. The molecule has 0 saturated heterocycles. The van der Waals surface area contributed by atoms with Gasteiger partial charge in [-0.3, -0.25) is 0 Å². The molecule has 0 aliphatic heterocycles. The second-order valence-corrected chi connectivity index (χ2v) is 5.81. The molecule has 0 aliphatic rings. The fraction of sp³-hybridized carbons (Fsp3) is 0.368. The molecule has 2 rings (SSSR count). The first kappa shape index (κ1) is 15.7. The largest absolute Gasteiger partial charge is 0.395 e. The molecule has 0 spiro atoms. The van der Waals surface area contributed by atoms with Gasteiger partial charge in [-0.05, 0) is 36.5 Å². The Morgan fingerprint density at radius 3 is 1.81 bits per heavy atom. The average molecular weight is 284 g/mol. The van der Waals surface area contributed by atoms with E-state index in [0.717, 1.165) is 17.5 Å². The summed E-state index contributed by atoms with van der Waals surface area (Å²) in [5.74, 6) is 0. The molecule has 2 N–H and O–H groups in total. The minimum absolute atomic E-state index is 0.0674. The van der Waals surface area contributed by atoms with E-state index in [4.69, 9.17) is 0 Å². The molecule has 0 aromatic heterocycles. The average Bonchev–Trinajstić information content (AvgIpc) is 2.54. The smallest absolute Gasteiger partial charge is 0.0553 e. The van der Waals surface area contributed by atoms with Crippen LogP contribution < -0.4 is 0 Å². The highest BCUT2D eigenvalue weighted by Crippen LogP contribution is 2.28. The second-order valence-electron chi connectivity index (χ2n) is 5.81. The van der Waals surface area contributed by atoms with E-state index in [0.29, 0.717) is 6.42 Å². The lowest BCUT2D eigenvalue weighted by atomic mass is 9.76. The van der Waals surface area contributed by atoms with Crippen molar-refractivity contribution in [2.24, 2.45) is 0 Å². The molecule has 2 heteroatoms. The Morgan fingerprint density at radius 1 is 0.810 bits per heavy atom. The highest BCUT2D eigenvalue weighted by Gasteiger charge is 2.31. The van der Waals surface area contributed by atoms with Gasteiger partial charge in [-0.1, -0.05) is 61.0 Å². The van der Waals surface area contributed by atoms with Crippen molar-refractivity contribution < 1.29 is 10.2 Å². The van der Waals surface area contributed by atoms with E-state index in [1.54, 1.807) is 0 Å². The van der Waals surface area contributed by atoms with Gasteiger partial charge in [-0.2, -0.15) is 0 Å². The Hall–Kier alpha value is -1.64. The number of aliphatic hydroxyl groups excluding tert-OH is 2. The summed E-state index contributed by atoms with van der Waals surface area (Å²) >= 11 is 0. The Bertz CT molecular complexity index is 551. The zero-order valence-corrected chi connectivity index (χ0v) is 12.8. The molecule has 0 radical (unpaired) electrons. The Labute approximate surface area is 127 Å². The highest BCUT2D eigenvalue weighted by atomic mass is 16.3.